The zero-order valence-corrected chi connectivity index (χ0v) is 11.0. The van der Waals surface area contributed by atoms with Crippen LogP contribution in [0.4, 0.5) is 0 Å². The second-order valence-electron chi connectivity index (χ2n) is 2.92. The molecule has 0 rings (SSSR count). The van der Waals surface area contributed by atoms with Crippen LogP contribution in [0, 0.1) is 30.6 Å². The summed E-state index contributed by atoms with van der Waals surface area (Å²) in [6.45, 7) is 0. The molecule has 16 heteroatoms. The standard InChI is InChI=1S/C6H8O7.Cu.2NO3/c7-3(8)1-6(13,5(11)12)2-4(9)10;;2*2-1(3)4/h13H,1-2H2,(H,7,8)(H,9,10)(H,11,12);;;/q;+2;2*-1. The number of nitrogens with zero attached hydrogens (tertiary/aromatic N) is 2. The Bertz CT molecular complexity index is 373. The minimum atomic E-state index is -2.74. The summed E-state index contributed by atoms with van der Waals surface area (Å²) >= 11 is 0. The summed E-state index contributed by atoms with van der Waals surface area (Å²) in [5.41, 5.74) is -2.74. The topological polar surface area (TPSA) is 265 Å². The maximum atomic E-state index is 10.3. The molecule has 22 heavy (non-hydrogen) atoms. The van der Waals surface area contributed by atoms with Crippen LogP contribution in [-0.2, 0) is 31.5 Å². The van der Waals surface area contributed by atoms with Crippen molar-refractivity contribution in [1.29, 1.82) is 0 Å². The van der Waals surface area contributed by atoms with Crippen LogP contribution in [0.2, 0.25) is 0 Å². The fourth-order valence-corrected chi connectivity index (χ4v) is 0.714. The van der Waals surface area contributed by atoms with Crippen LogP contribution in [0.15, 0.2) is 0 Å². The molecule has 0 heterocycles. The number of carboxylic acids is 3. The third-order valence-corrected chi connectivity index (χ3v) is 1.29. The number of carboxylic acid groups (broad SMARTS) is 3. The Kier molecular flexibility index (Phi) is 16.7. The van der Waals surface area contributed by atoms with Crippen molar-refractivity contribution in [2.75, 3.05) is 0 Å². The summed E-state index contributed by atoms with van der Waals surface area (Å²) in [6, 6.07) is 0. The SMILES string of the molecule is O=C(O)CC(O)(CC(=O)O)C(=O)O.O=[N+]([O-])[O-].O=[N+]([O-])[O-].[Cu+2]. The number of aliphatic carboxylic acids is 3. The minimum Gasteiger partial charge on any atom is -0.481 e. The quantitative estimate of drug-likeness (QED) is 0.235. The molecule has 0 aliphatic carbocycles. The molecular formula is C6H8CuN2O13. The third-order valence-electron chi connectivity index (χ3n) is 1.29. The summed E-state index contributed by atoms with van der Waals surface area (Å²) in [5, 5.41) is 63.3. The van der Waals surface area contributed by atoms with Crippen molar-refractivity contribution in [2.45, 2.75) is 18.4 Å². The maximum absolute atomic E-state index is 10.3. The van der Waals surface area contributed by atoms with Gasteiger partial charge >= 0.3 is 35.0 Å². The van der Waals surface area contributed by atoms with Crippen LogP contribution in [0.5, 0.6) is 0 Å². The van der Waals surface area contributed by atoms with Gasteiger partial charge in [-0.1, -0.05) is 0 Å². The van der Waals surface area contributed by atoms with E-state index < -0.39 is 46.5 Å². The van der Waals surface area contributed by atoms with E-state index in [0.29, 0.717) is 0 Å². The number of hydrogen-bond acceptors (Lipinski definition) is 10. The van der Waals surface area contributed by atoms with Crippen molar-refractivity contribution >= 4 is 17.9 Å². The molecule has 0 amide bonds. The van der Waals surface area contributed by atoms with Gasteiger partial charge in [0.1, 0.15) is 0 Å². The zero-order valence-electron chi connectivity index (χ0n) is 10.1. The maximum Gasteiger partial charge on any atom is 2.00 e. The van der Waals surface area contributed by atoms with Crippen molar-refractivity contribution in [2.24, 2.45) is 0 Å². The van der Waals surface area contributed by atoms with Gasteiger partial charge in [-0.05, 0) is 0 Å². The van der Waals surface area contributed by atoms with E-state index in [1.165, 1.54) is 0 Å². The normalized spacial score (nSPS) is 8.59. The van der Waals surface area contributed by atoms with Gasteiger partial charge in [0.25, 0.3) is 0 Å². The summed E-state index contributed by atoms with van der Waals surface area (Å²) in [5.74, 6) is -5.02. The van der Waals surface area contributed by atoms with Gasteiger partial charge < -0.3 is 51.1 Å². The molecule has 0 aromatic heterocycles. The average Bonchev–Trinajstić information content (AvgIpc) is 2.11. The molecule has 0 aliphatic rings. The van der Waals surface area contributed by atoms with Crippen LogP contribution in [0.25, 0.3) is 0 Å². The molecule has 1 radical (unpaired) electrons. The second kappa shape index (κ2) is 13.3. The van der Waals surface area contributed by atoms with Crippen molar-refractivity contribution in [3.8, 4) is 0 Å². The Morgan fingerprint density at radius 2 is 1.00 bits per heavy atom. The number of carbonyl (C=O) groups is 3. The summed E-state index contributed by atoms with van der Waals surface area (Å²) in [6.07, 6.45) is -2.29. The molecule has 0 saturated heterocycles. The van der Waals surface area contributed by atoms with Gasteiger partial charge in [-0.15, -0.1) is 0 Å². The third kappa shape index (κ3) is 26.0. The molecule has 0 spiro atoms. The van der Waals surface area contributed by atoms with Crippen molar-refractivity contribution < 1.29 is 62.1 Å². The van der Waals surface area contributed by atoms with Crippen LogP contribution < -0.4 is 0 Å². The Morgan fingerprint density at radius 3 is 1.09 bits per heavy atom. The fraction of sp³-hybridized carbons (Fsp3) is 0.500. The van der Waals surface area contributed by atoms with Crippen molar-refractivity contribution in [1.82, 2.24) is 0 Å². The Balaban J connectivity index is -0.000000150. The monoisotopic (exact) mass is 379 g/mol. The van der Waals surface area contributed by atoms with E-state index in [1.807, 2.05) is 0 Å². The smallest absolute Gasteiger partial charge is 0.481 e. The molecule has 0 saturated carbocycles. The second-order valence-corrected chi connectivity index (χ2v) is 2.92. The van der Waals surface area contributed by atoms with E-state index in [2.05, 4.69) is 0 Å². The minimum absolute atomic E-state index is 0. The van der Waals surface area contributed by atoms with E-state index in [-0.39, 0.29) is 17.1 Å². The Morgan fingerprint density at radius 1 is 0.818 bits per heavy atom. The van der Waals surface area contributed by atoms with E-state index in [4.69, 9.17) is 51.1 Å². The van der Waals surface area contributed by atoms with E-state index in [0.717, 1.165) is 0 Å². The molecule has 0 aromatic carbocycles. The molecule has 4 N–H and O–H groups in total. The van der Waals surface area contributed by atoms with Crippen molar-refractivity contribution in [3.05, 3.63) is 30.6 Å². The van der Waals surface area contributed by atoms with Gasteiger partial charge in [0.15, 0.2) is 5.60 Å². The van der Waals surface area contributed by atoms with Crippen LogP contribution in [-0.4, -0.2) is 54.1 Å². The zero-order chi connectivity index (χ0) is 17.8. The Labute approximate surface area is 130 Å². The number of rotatable bonds is 5. The van der Waals surface area contributed by atoms with Gasteiger partial charge in [-0.3, -0.25) is 9.59 Å². The first kappa shape index (κ1) is 27.6. The van der Waals surface area contributed by atoms with Crippen LogP contribution in [0.1, 0.15) is 12.8 Å². The van der Waals surface area contributed by atoms with E-state index >= 15 is 0 Å². The molecular weight excluding hydrogens is 372 g/mol. The van der Waals surface area contributed by atoms with E-state index in [9.17, 15) is 14.4 Å². The molecule has 0 aromatic rings. The summed E-state index contributed by atoms with van der Waals surface area (Å²) in [7, 11) is 0. The number of hydrogen-bond donors (Lipinski definition) is 4. The molecule has 131 valence electrons. The van der Waals surface area contributed by atoms with Gasteiger partial charge in [-0.2, -0.15) is 0 Å². The first-order chi connectivity index (χ1) is 9.24. The van der Waals surface area contributed by atoms with Gasteiger partial charge in [0, 0.05) is 0 Å². The number of aliphatic hydroxyl groups is 1. The van der Waals surface area contributed by atoms with Gasteiger partial charge in [-0.25, -0.2) is 4.79 Å². The fourth-order valence-electron chi connectivity index (χ4n) is 0.714. The molecule has 15 nitrogen and oxygen atoms in total. The average molecular weight is 380 g/mol. The Hall–Kier alpha value is -2.71. The molecule has 0 bridgehead atoms. The molecule has 0 aliphatic heterocycles. The van der Waals surface area contributed by atoms with Gasteiger partial charge in [0.05, 0.1) is 23.0 Å². The summed E-state index contributed by atoms with van der Waals surface area (Å²) in [4.78, 5) is 47.0. The first-order valence-electron chi connectivity index (χ1n) is 4.27. The molecule has 0 fully saturated rings. The predicted octanol–water partition coefficient (Wildman–Crippen LogP) is -1.73. The molecule has 0 unspecified atom stereocenters. The first-order valence-corrected chi connectivity index (χ1v) is 4.27. The molecule has 0 atom stereocenters. The van der Waals surface area contributed by atoms with Crippen molar-refractivity contribution in [3.63, 3.8) is 0 Å². The van der Waals surface area contributed by atoms with Crippen LogP contribution in [0.3, 0.4) is 0 Å². The predicted molar refractivity (Wildman–Crippen MR) is 57.8 cm³/mol. The van der Waals surface area contributed by atoms with E-state index in [1.54, 1.807) is 0 Å². The summed E-state index contributed by atoms with van der Waals surface area (Å²) < 4.78 is 0. The van der Waals surface area contributed by atoms with Gasteiger partial charge in [0.2, 0.25) is 0 Å². The largest absolute Gasteiger partial charge is 2.00 e. The van der Waals surface area contributed by atoms with Crippen LogP contribution >= 0.6 is 0 Å².